The molecule has 0 spiro atoms. The number of halogens is 1. The highest BCUT2D eigenvalue weighted by molar-refractivity contribution is 9.10. The van der Waals surface area contributed by atoms with Crippen LogP contribution in [0.1, 0.15) is 25.6 Å². The van der Waals surface area contributed by atoms with Crippen LogP contribution in [0.25, 0.3) is 0 Å². The number of benzene rings is 1. The zero-order chi connectivity index (χ0) is 23.2. The molecule has 2 atom stereocenters. The third kappa shape index (κ3) is 6.14. The molecule has 0 aliphatic carbocycles. The van der Waals surface area contributed by atoms with Crippen LogP contribution in [0.15, 0.2) is 41.1 Å². The Bertz CT molecular complexity index is 959. The standard InChI is InChI=1S/C24H31BrN4O4/c1-2-22-26-7-9-28(22)17-24(31)29-8-6-21(33-20-5-3-4-19(25)15-20)18(16-29)14-23(30)27-10-12-32-13-11-27/h3-5,7,9,15,18,21H,2,6,8,10-14,16-17H2,1H3/t18-,21-/m0/s1. The van der Waals surface area contributed by atoms with Crippen LogP contribution in [0.3, 0.4) is 0 Å². The van der Waals surface area contributed by atoms with E-state index in [1.165, 1.54) is 0 Å². The predicted octanol–water partition coefficient (Wildman–Crippen LogP) is 2.75. The van der Waals surface area contributed by atoms with Gasteiger partial charge in [-0.1, -0.05) is 28.9 Å². The van der Waals surface area contributed by atoms with Gasteiger partial charge in [0.2, 0.25) is 11.8 Å². The minimum absolute atomic E-state index is 0.0485. The Morgan fingerprint density at radius 2 is 2.00 bits per heavy atom. The lowest BCUT2D eigenvalue weighted by molar-refractivity contribution is -0.141. The van der Waals surface area contributed by atoms with Crippen LogP contribution in [0.4, 0.5) is 0 Å². The van der Waals surface area contributed by atoms with E-state index in [9.17, 15) is 9.59 Å². The van der Waals surface area contributed by atoms with E-state index < -0.39 is 0 Å². The van der Waals surface area contributed by atoms with Gasteiger partial charge in [-0.3, -0.25) is 9.59 Å². The molecular formula is C24H31BrN4O4. The molecule has 3 heterocycles. The molecule has 4 rings (SSSR count). The molecule has 1 aromatic heterocycles. The first-order valence-corrected chi connectivity index (χ1v) is 12.4. The van der Waals surface area contributed by atoms with Crippen molar-refractivity contribution in [2.45, 2.75) is 38.8 Å². The molecule has 2 saturated heterocycles. The van der Waals surface area contributed by atoms with Crippen LogP contribution in [0, 0.1) is 5.92 Å². The summed E-state index contributed by atoms with van der Waals surface area (Å²) in [6.07, 6.45) is 5.26. The largest absolute Gasteiger partial charge is 0.490 e. The van der Waals surface area contributed by atoms with Gasteiger partial charge in [0.25, 0.3) is 0 Å². The maximum Gasteiger partial charge on any atom is 0.242 e. The average molecular weight is 519 g/mol. The Morgan fingerprint density at radius 1 is 1.18 bits per heavy atom. The van der Waals surface area contributed by atoms with Crippen molar-refractivity contribution in [3.63, 3.8) is 0 Å². The number of carbonyl (C=O) groups is 2. The zero-order valence-electron chi connectivity index (χ0n) is 19.0. The molecule has 0 unspecified atom stereocenters. The molecule has 0 radical (unpaired) electrons. The molecule has 2 fully saturated rings. The Labute approximate surface area is 203 Å². The van der Waals surface area contributed by atoms with Crippen molar-refractivity contribution < 1.29 is 19.1 Å². The number of ether oxygens (including phenoxy) is 2. The van der Waals surface area contributed by atoms with Gasteiger partial charge in [0.15, 0.2) is 0 Å². The molecule has 0 saturated carbocycles. The minimum atomic E-state index is -0.132. The van der Waals surface area contributed by atoms with E-state index in [0.717, 1.165) is 22.5 Å². The highest BCUT2D eigenvalue weighted by atomic mass is 79.9. The fourth-order valence-electron chi connectivity index (χ4n) is 4.51. The van der Waals surface area contributed by atoms with E-state index in [0.29, 0.717) is 52.2 Å². The molecule has 33 heavy (non-hydrogen) atoms. The quantitative estimate of drug-likeness (QED) is 0.563. The summed E-state index contributed by atoms with van der Waals surface area (Å²) in [6, 6.07) is 7.74. The van der Waals surface area contributed by atoms with Crippen LogP contribution in [0.5, 0.6) is 5.75 Å². The first kappa shape index (κ1) is 23.8. The first-order valence-electron chi connectivity index (χ1n) is 11.6. The van der Waals surface area contributed by atoms with Gasteiger partial charge in [0.05, 0.1) is 13.2 Å². The number of rotatable bonds is 7. The molecule has 9 heteroatoms. The lowest BCUT2D eigenvalue weighted by Crippen LogP contribution is -2.51. The Balaban J connectivity index is 1.45. The van der Waals surface area contributed by atoms with Crippen molar-refractivity contribution in [2.75, 3.05) is 39.4 Å². The van der Waals surface area contributed by atoms with Gasteiger partial charge in [-0.2, -0.15) is 0 Å². The zero-order valence-corrected chi connectivity index (χ0v) is 20.6. The van der Waals surface area contributed by atoms with Crippen LogP contribution in [0.2, 0.25) is 0 Å². The van der Waals surface area contributed by atoms with E-state index in [1.807, 2.05) is 51.8 Å². The van der Waals surface area contributed by atoms with Gasteiger partial charge in [0, 0.05) is 68.2 Å². The number of carbonyl (C=O) groups excluding carboxylic acids is 2. The number of piperidine rings is 1. The van der Waals surface area contributed by atoms with E-state index in [1.54, 1.807) is 6.20 Å². The number of amides is 2. The minimum Gasteiger partial charge on any atom is -0.490 e. The van der Waals surface area contributed by atoms with Crippen LogP contribution in [-0.2, 0) is 27.3 Å². The number of aromatic nitrogens is 2. The lowest BCUT2D eigenvalue weighted by atomic mass is 9.90. The molecule has 178 valence electrons. The van der Waals surface area contributed by atoms with E-state index >= 15 is 0 Å². The number of likely N-dealkylation sites (tertiary alicyclic amines) is 1. The molecule has 2 aliphatic heterocycles. The third-order valence-corrected chi connectivity index (χ3v) is 6.82. The molecule has 8 nitrogen and oxygen atoms in total. The van der Waals surface area contributed by atoms with Gasteiger partial charge in [0.1, 0.15) is 24.2 Å². The van der Waals surface area contributed by atoms with Gasteiger partial charge >= 0.3 is 0 Å². The Hall–Kier alpha value is -2.39. The summed E-state index contributed by atoms with van der Waals surface area (Å²) in [4.78, 5) is 34.2. The van der Waals surface area contributed by atoms with Crippen molar-refractivity contribution >= 4 is 27.7 Å². The van der Waals surface area contributed by atoms with E-state index in [2.05, 4.69) is 20.9 Å². The molecule has 0 bridgehead atoms. The smallest absolute Gasteiger partial charge is 0.242 e. The summed E-state index contributed by atoms with van der Waals surface area (Å²) >= 11 is 3.49. The molecule has 0 N–H and O–H groups in total. The molecule has 2 aliphatic rings. The maximum atomic E-state index is 13.1. The second-order valence-electron chi connectivity index (χ2n) is 8.52. The summed E-state index contributed by atoms with van der Waals surface area (Å²) < 4.78 is 14.6. The maximum absolute atomic E-state index is 13.1. The summed E-state index contributed by atoms with van der Waals surface area (Å²) in [6.45, 7) is 5.79. The van der Waals surface area contributed by atoms with Gasteiger partial charge in [-0.25, -0.2) is 4.98 Å². The number of hydrogen-bond donors (Lipinski definition) is 0. The fourth-order valence-corrected chi connectivity index (χ4v) is 4.89. The summed E-state index contributed by atoms with van der Waals surface area (Å²) in [7, 11) is 0. The van der Waals surface area contributed by atoms with Gasteiger partial charge < -0.3 is 23.8 Å². The van der Waals surface area contributed by atoms with Crippen molar-refractivity contribution in [3.05, 3.63) is 47.0 Å². The molecule has 2 amide bonds. The van der Waals surface area contributed by atoms with Crippen LogP contribution in [-0.4, -0.2) is 76.7 Å². The van der Waals surface area contributed by atoms with Crippen LogP contribution < -0.4 is 4.74 Å². The summed E-state index contributed by atoms with van der Waals surface area (Å²) in [5, 5.41) is 0. The third-order valence-electron chi connectivity index (χ3n) is 6.32. The topological polar surface area (TPSA) is 76.9 Å². The average Bonchev–Trinajstić information content (AvgIpc) is 3.27. The van der Waals surface area contributed by atoms with Crippen molar-refractivity contribution in [2.24, 2.45) is 5.92 Å². The van der Waals surface area contributed by atoms with Crippen molar-refractivity contribution in [1.82, 2.24) is 19.4 Å². The number of aryl methyl sites for hydroxylation is 1. The lowest BCUT2D eigenvalue weighted by Gasteiger charge is -2.39. The highest BCUT2D eigenvalue weighted by Gasteiger charge is 2.35. The number of nitrogens with zero attached hydrogens (tertiary/aromatic N) is 4. The molecule has 1 aromatic carbocycles. The van der Waals surface area contributed by atoms with Gasteiger partial charge in [-0.15, -0.1) is 0 Å². The molecule has 2 aromatic rings. The number of imidazole rings is 1. The van der Waals surface area contributed by atoms with E-state index in [4.69, 9.17) is 9.47 Å². The fraction of sp³-hybridized carbons (Fsp3) is 0.542. The summed E-state index contributed by atoms with van der Waals surface area (Å²) in [5.74, 6) is 1.74. The van der Waals surface area contributed by atoms with Crippen molar-refractivity contribution in [1.29, 1.82) is 0 Å². The normalized spacial score (nSPS) is 21.2. The number of hydrogen-bond acceptors (Lipinski definition) is 5. The summed E-state index contributed by atoms with van der Waals surface area (Å²) in [5.41, 5.74) is 0. The SMILES string of the molecule is CCc1nccn1CC(=O)N1CC[C@H](Oc2cccc(Br)c2)[C@@H](CC(=O)N2CCOCC2)C1. The second kappa shape index (κ2) is 11.2. The van der Waals surface area contributed by atoms with E-state index in [-0.39, 0.29) is 30.4 Å². The highest BCUT2D eigenvalue weighted by Crippen LogP contribution is 2.28. The Morgan fingerprint density at radius 3 is 2.76 bits per heavy atom. The predicted molar refractivity (Wildman–Crippen MR) is 127 cm³/mol. The Kier molecular flexibility index (Phi) is 8.03. The van der Waals surface area contributed by atoms with Crippen molar-refractivity contribution in [3.8, 4) is 5.75 Å². The first-order chi connectivity index (χ1) is 16.0. The second-order valence-corrected chi connectivity index (χ2v) is 9.44. The van der Waals surface area contributed by atoms with Crippen LogP contribution >= 0.6 is 15.9 Å². The molecular weight excluding hydrogens is 488 g/mol. The number of morpholine rings is 1. The van der Waals surface area contributed by atoms with Gasteiger partial charge in [-0.05, 0) is 18.2 Å². The monoisotopic (exact) mass is 518 g/mol.